The van der Waals surface area contributed by atoms with Crippen LogP contribution in [0.5, 0.6) is 0 Å². The highest BCUT2D eigenvalue weighted by Gasteiger charge is 2.27. The molecule has 1 aliphatic heterocycles. The van der Waals surface area contributed by atoms with E-state index in [0.717, 1.165) is 5.56 Å². The Balaban J connectivity index is 2.18. The summed E-state index contributed by atoms with van der Waals surface area (Å²) in [5, 5.41) is 0. The number of nitrogens with zero attached hydrogens (tertiary/aromatic N) is 1. The second kappa shape index (κ2) is 5.87. The molecule has 1 aliphatic rings. The molecule has 0 saturated carbocycles. The summed E-state index contributed by atoms with van der Waals surface area (Å²) in [6, 6.07) is 4.71. The quantitative estimate of drug-likeness (QED) is 0.892. The second-order valence-electron chi connectivity index (χ2n) is 4.61. The van der Waals surface area contributed by atoms with E-state index in [1.54, 1.807) is 12.1 Å². The molecule has 1 unspecified atom stereocenters. The highest BCUT2D eigenvalue weighted by molar-refractivity contribution is 9.10. The van der Waals surface area contributed by atoms with Crippen molar-refractivity contribution in [1.29, 1.82) is 0 Å². The average molecular weight is 351 g/mol. The van der Waals surface area contributed by atoms with E-state index in [1.165, 1.54) is 6.07 Å². The van der Waals surface area contributed by atoms with Gasteiger partial charge in [0.25, 0.3) is 0 Å². The predicted octanol–water partition coefficient (Wildman–Crippen LogP) is 1.32. The molecule has 7 heteroatoms. The lowest BCUT2D eigenvalue weighted by Crippen LogP contribution is -2.44. The van der Waals surface area contributed by atoms with Crippen molar-refractivity contribution in [2.45, 2.75) is 6.04 Å². The van der Waals surface area contributed by atoms with Crippen LogP contribution < -0.4 is 5.73 Å². The van der Waals surface area contributed by atoms with Crippen LogP contribution in [0.4, 0.5) is 4.39 Å². The molecule has 1 saturated heterocycles. The van der Waals surface area contributed by atoms with Crippen molar-refractivity contribution in [2.24, 2.45) is 5.73 Å². The van der Waals surface area contributed by atoms with E-state index in [1.807, 2.05) is 4.90 Å². The first-order valence-electron chi connectivity index (χ1n) is 6.02. The second-order valence-corrected chi connectivity index (χ2v) is 7.77. The molecular weight excluding hydrogens is 335 g/mol. The molecule has 1 atom stereocenters. The largest absolute Gasteiger partial charge is 0.329 e. The zero-order chi connectivity index (χ0) is 14.0. The van der Waals surface area contributed by atoms with Crippen LogP contribution in [0.3, 0.4) is 0 Å². The van der Waals surface area contributed by atoms with Gasteiger partial charge >= 0.3 is 0 Å². The summed E-state index contributed by atoms with van der Waals surface area (Å²) in [6.45, 7) is 1.32. The van der Waals surface area contributed by atoms with Crippen molar-refractivity contribution in [3.63, 3.8) is 0 Å². The van der Waals surface area contributed by atoms with Gasteiger partial charge in [-0.05, 0) is 33.6 Å². The van der Waals surface area contributed by atoms with Crippen LogP contribution >= 0.6 is 15.9 Å². The summed E-state index contributed by atoms with van der Waals surface area (Å²) in [5.41, 5.74) is 6.69. The molecule has 1 aromatic carbocycles. The molecule has 1 aromatic rings. The summed E-state index contributed by atoms with van der Waals surface area (Å²) in [4.78, 5) is 2.04. The Morgan fingerprint density at radius 1 is 1.37 bits per heavy atom. The topological polar surface area (TPSA) is 63.4 Å². The number of nitrogens with two attached hydrogens (primary N) is 1. The van der Waals surface area contributed by atoms with Gasteiger partial charge < -0.3 is 5.73 Å². The van der Waals surface area contributed by atoms with Crippen molar-refractivity contribution < 1.29 is 12.8 Å². The average Bonchev–Trinajstić information content (AvgIpc) is 2.36. The molecule has 0 spiro atoms. The van der Waals surface area contributed by atoms with Crippen LogP contribution in [0.25, 0.3) is 0 Å². The summed E-state index contributed by atoms with van der Waals surface area (Å²) in [7, 11) is -2.91. The highest BCUT2D eigenvalue weighted by Crippen LogP contribution is 2.26. The van der Waals surface area contributed by atoms with Crippen molar-refractivity contribution in [3.05, 3.63) is 34.1 Å². The van der Waals surface area contributed by atoms with Gasteiger partial charge in [0.1, 0.15) is 5.82 Å². The predicted molar refractivity (Wildman–Crippen MR) is 76.1 cm³/mol. The third kappa shape index (κ3) is 3.53. The molecule has 2 rings (SSSR count). The summed E-state index contributed by atoms with van der Waals surface area (Å²) in [6.07, 6.45) is 0. The molecule has 0 bridgehead atoms. The third-order valence-electron chi connectivity index (χ3n) is 3.37. The van der Waals surface area contributed by atoms with Crippen molar-refractivity contribution >= 4 is 25.8 Å². The van der Waals surface area contributed by atoms with E-state index in [2.05, 4.69) is 15.9 Å². The smallest absolute Gasteiger partial charge is 0.152 e. The molecule has 0 aromatic heterocycles. The highest BCUT2D eigenvalue weighted by atomic mass is 79.9. The Morgan fingerprint density at radius 2 is 2.00 bits per heavy atom. The van der Waals surface area contributed by atoms with E-state index >= 15 is 0 Å². The molecule has 2 N–H and O–H groups in total. The summed E-state index contributed by atoms with van der Waals surface area (Å²) < 4.78 is 36.5. The minimum atomic E-state index is -2.91. The molecule has 106 valence electrons. The summed E-state index contributed by atoms with van der Waals surface area (Å²) in [5.74, 6) is -0.00157. The normalized spacial score (nSPS) is 21.2. The lowest BCUT2D eigenvalue weighted by molar-refractivity contribution is 0.218. The fraction of sp³-hybridized carbons (Fsp3) is 0.500. The monoisotopic (exact) mass is 350 g/mol. The number of hydrogen-bond donors (Lipinski definition) is 1. The fourth-order valence-electron chi connectivity index (χ4n) is 2.25. The van der Waals surface area contributed by atoms with Crippen molar-refractivity contribution in [2.75, 3.05) is 31.1 Å². The van der Waals surface area contributed by atoms with E-state index in [-0.39, 0.29) is 23.4 Å². The standard InChI is InChI=1S/C12H16BrFN2O2S/c13-10-7-9(1-2-11(10)14)12(8-15)16-3-5-19(17,18)6-4-16/h1-2,7,12H,3-6,8,15H2. The van der Waals surface area contributed by atoms with Crippen LogP contribution in [0, 0.1) is 5.82 Å². The molecule has 0 aliphatic carbocycles. The number of halogens is 2. The molecule has 0 radical (unpaired) electrons. The van der Waals surface area contributed by atoms with E-state index in [0.29, 0.717) is 24.1 Å². The van der Waals surface area contributed by atoms with Crippen molar-refractivity contribution in [3.8, 4) is 0 Å². The van der Waals surface area contributed by atoms with Crippen LogP contribution in [0.1, 0.15) is 11.6 Å². The number of rotatable bonds is 3. The Hall–Kier alpha value is -0.500. The van der Waals surface area contributed by atoms with Gasteiger partial charge in [0.05, 0.1) is 16.0 Å². The fourth-order valence-corrected chi connectivity index (χ4v) is 3.88. The molecule has 0 amide bonds. The van der Waals surface area contributed by atoms with Gasteiger partial charge in [-0.15, -0.1) is 0 Å². The lowest BCUT2D eigenvalue weighted by Gasteiger charge is -2.34. The minimum absolute atomic E-state index is 0.0765. The lowest BCUT2D eigenvalue weighted by atomic mass is 10.1. The Labute approximate surface area is 120 Å². The van der Waals surface area contributed by atoms with Gasteiger partial charge in [-0.25, -0.2) is 12.8 Å². The zero-order valence-electron chi connectivity index (χ0n) is 10.4. The molecule has 1 fully saturated rings. The van der Waals surface area contributed by atoms with E-state index in [4.69, 9.17) is 5.73 Å². The van der Waals surface area contributed by atoms with Gasteiger partial charge in [-0.2, -0.15) is 0 Å². The van der Waals surface area contributed by atoms with Gasteiger partial charge in [-0.1, -0.05) is 6.07 Å². The Kier molecular flexibility index (Phi) is 4.60. The summed E-state index contributed by atoms with van der Waals surface area (Å²) >= 11 is 3.16. The maximum Gasteiger partial charge on any atom is 0.152 e. The number of benzene rings is 1. The van der Waals surface area contributed by atoms with Crippen molar-refractivity contribution in [1.82, 2.24) is 4.90 Å². The first kappa shape index (κ1) is 14.9. The first-order chi connectivity index (χ1) is 8.93. The van der Waals surface area contributed by atoms with Gasteiger partial charge in [0.2, 0.25) is 0 Å². The van der Waals surface area contributed by atoms with Gasteiger partial charge in [0.15, 0.2) is 9.84 Å². The van der Waals surface area contributed by atoms with E-state index < -0.39 is 9.84 Å². The maximum atomic E-state index is 13.2. The molecule has 1 heterocycles. The Morgan fingerprint density at radius 3 is 2.53 bits per heavy atom. The number of sulfone groups is 1. The molecule has 19 heavy (non-hydrogen) atoms. The van der Waals surface area contributed by atoms with E-state index in [9.17, 15) is 12.8 Å². The minimum Gasteiger partial charge on any atom is -0.329 e. The van der Waals surface area contributed by atoms with Gasteiger partial charge in [0, 0.05) is 25.7 Å². The Bertz CT molecular complexity index is 551. The molecular formula is C12H16BrFN2O2S. The SMILES string of the molecule is NCC(c1ccc(F)c(Br)c1)N1CCS(=O)(=O)CC1. The molecule has 4 nitrogen and oxygen atoms in total. The van der Waals surface area contributed by atoms with Gasteiger partial charge in [-0.3, -0.25) is 4.90 Å². The zero-order valence-corrected chi connectivity index (χ0v) is 12.8. The maximum absolute atomic E-state index is 13.2. The van der Waals surface area contributed by atoms with Crippen LogP contribution in [0.15, 0.2) is 22.7 Å². The van der Waals surface area contributed by atoms with Crippen LogP contribution in [-0.2, 0) is 9.84 Å². The third-order valence-corrected chi connectivity index (χ3v) is 5.59. The van der Waals surface area contributed by atoms with Crippen LogP contribution in [0.2, 0.25) is 0 Å². The van der Waals surface area contributed by atoms with Crippen LogP contribution in [-0.4, -0.2) is 44.5 Å². The number of hydrogen-bond acceptors (Lipinski definition) is 4. The first-order valence-corrected chi connectivity index (χ1v) is 8.64.